The number of aryl methyl sites for hydroxylation is 1. The van der Waals surface area contributed by atoms with Crippen molar-refractivity contribution in [3.05, 3.63) is 59.7 Å². The predicted octanol–water partition coefficient (Wildman–Crippen LogP) is 4.70. The number of piperazine rings is 1. The zero-order chi connectivity index (χ0) is 29.2. The second-order valence-corrected chi connectivity index (χ2v) is 14.1. The molecule has 10 heteroatoms. The molecule has 2 N–H and O–H groups in total. The number of carbonyl (C=O) groups excluding carboxylic acids is 2. The van der Waals surface area contributed by atoms with Crippen molar-refractivity contribution >= 4 is 27.7 Å². The molecule has 1 aliphatic carbocycles. The number of rotatable bonds is 5. The van der Waals surface area contributed by atoms with Gasteiger partial charge in [-0.05, 0) is 82.6 Å². The van der Waals surface area contributed by atoms with Crippen LogP contribution in [0.5, 0.6) is 0 Å². The van der Waals surface area contributed by atoms with Crippen LogP contribution in [0.4, 0.5) is 10.5 Å². The number of hydrogen-bond acceptors (Lipinski definition) is 6. The Bertz CT molecular complexity index is 1350. The van der Waals surface area contributed by atoms with Crippen molar-refractivity contribution in [2.24, 2.45) is 5.92 Å². The third-order valence-corrected chi connectivity index (χ3v) is 9.75. The summed E-state index contributed by atoms with van der Waals surface area (Å²) in [5.74, 6) is -0.104. The van der Waals surface area contributed by atoms with Crippen LogP contribution in [-0.4, -0.2) is 68.0 Å². The normalized spacial score (nSPS) is 23.3. The van der Waals surface area contributed by atoms with E-state index in [0.29, 0.717) is 45.3 Å². The Balaban J connectivity index is 1.22. The molecule has 2 heterocycles. The van der Waals surface area contributed by atoms with Crippen LogP contribution in [0.1, 0.15) is 70.0 Å². The summed E-state index contributed by atoms with van der Waals surface area (Å²) in [5, 5.41) is 3.30. The minimum Gasteiger partial charge on any atom is -0.444 e. The number of nitrogens with one attached hydrogen (secondary N) is 2. The highest BCUT2D eigenvalue weighted by Crippen LogP contribution is 2.33. The van der Waals surface area contributed by atoms with Gasteiger partial charge in [0.2, 0.25) is 15.9 Å². The number of carbonyl (C=O) groups is 2. The fourth-order valence-corrected chi connectivity index (χ4v) is 7.42. The zero-order valence-electron chi connectivity index (χ0n) is 24.3. The molecule has 222 valence electrons. The molecule has 3 aliphatic rings. The lowest BCUT2D eigenvalue weighted by Crippen LogP contribution is -2.54. The maximum atomic E-state index is 13.8. The third-order valence-electron chi connectivity index (χ3n) is 8.23. The van der Waals surface area contributed by atoms with E-state index in [0.717, 1.165) is 36.2 Å². The first-order valence-electron chi connectivity index (χ1n) is 14.7. The molecule has 2 aliphatic heterocycles. The number of amides is 2. The van der Waals surface area contributed by atoms with Crippen LogP contribution in [0.15, 0.2) is 53.4 Å². The Labute approximate surface area is 243 Å². The lowest BCUT2D eigenvalue weighted by molar-refractivity contribution is -0.142. The second kappa shape index (κ2) is 12.0. The minimum atomic E-state index is -3.66. The van der Waals surface area contributed by atoms with E-state index in [1.54, 1.807) is 17.0 Å². The van der Waals surface area contributed by atoms with Crippen LogP contribution in [0.2, 0.25) is 0 Å². The van der Waals surface area contributed by atoms with Gasteiger partial charge in [0.15, 0.2) is 0 Å². The molecule has 1 unspecified atom stereocenters. The van der Waals surface area contributed by atoms with Gasteiger partial charge in [-0.15, -0.1) is 0 Å². The van der Waals surface area contributed by atoms with Crippen LogP contribution in [-0.2, 0) is 26.0 Å². The highest BCUT2D eigenvalue weighted by atomic mass is 32.2. The fraction of sp³-hybridized carbons (Fsp3) is 0.548. The number of fused-ring (bicyclic) bond motifs is 1. The van der Waals surface area contributed by atoms with E-state index in [4.69, 9.17) is 4.74 Å². The molecule has 9 nitrogen and oxygen atoms in total. The topological polar surface area (TPSA) is 108 Å². The van der Waals surface area contributed by atoms with Gasteiger partial charge in [-0.25, -0.2) is 17.9 Å². The number of hydrogen-bond donors (Lipinski definition) is 2. The molecule has 0 radical (unpaired) electrons. The SMILES string of the molecule is CC(C)(C)OC(=O)N1CCN(C(=O)[C@H]2CC[C@H](NS(=O)(=O)c3ccc4c(c3)NCCC4)CC2)C(c2ccccc2)C1. The van der Waals surface area contributed by atoms with E-state index in [1.165, 1.54) is 0 Å². The van der Waals surface area contributed by atoms with Gasteiger partial charge in [0, 0.05) is 43.8 Å². The molecular weight excluding hydrogens is 540 g/mol. The summed E-state index contributed by atoms with van der Waals surface area (Å²) in [6, 6.07) is 14.7. The Hall–Kier alpha value is -3.11. The molecule has 2 fully saturated rings. The molecule has 1 atom stereocenters. The van der Waals surface area contributed by atoms with Crippen LogP contribution in [0, 0.1) is 5.92 Å². The third kappa shape index (κ3) is 7.04. The first-order chi connectivity index (χ1) is 19.5. The lowest BCUT2D eigenvalue weighted by atomic mass is 9.85. The van der Waals surface area contributed by atoms with E-state index >= 15 is 0 Å². The molecule has 41 heavy (non-hydrogen) atoms. The minimum absolute atomic E-state index is 0.0739. The van der Waals surface area contributed by atoms with Crippen molar-refractivity contribution in [1.82, 2.24) is 14.5 Å². The number of ether oxygens (including phenoxy) is 1. The molecule has 5 rings (SSSR count). The van der Waals surface area contributed by atoms with E-state index in [-0.39, 0.29) is 34.9 Å². The van der Waals surface area contributed by atoms with E-state index in [9.17, 15) is 18.0 Å². The molecule has 1 saturated carbocycles. The van der Waals surface area contributed by atoms with Crippen molar-refractivity contribution in [1.29, 1.82) is 0 Å². The summed E-state index contributed by atoms with van der Waals surface area (Å²) in [5.41, 5.74) is 2.43. The first kappa shape index (κ1) is 29.4. The lowest BCUT2D eigenvalue weighted by Gasteiger charge is -2.43. The molecule has 0 bridgehead atoms. The predicted molar refractivity (Wildman–Crippen MR) is 158 cm³/mol. The monoisotopic (exact) mass is 582 g/mol. The molecule has 0 spiro atoms. The van der Waals surface area contributed by atoms with Crippen molar-refractivity contribution in [2.45, 2.75) is 81.9 Å². The van der Waals surface area contributed by atoms with Crippen molar-refractivity contribution in [3.8, 4) is 0 Å². The van der Waals surface area contributed by atoms with Crippen LogP contribution in [0.25, 0.3) is 0 Å². The Morgan fingerprint density at radius 1 is 1.00 bits per heavy atom. The number of anilines is 1. The zero-order valence-corrected chi connectivity index (χ0v) is 25.1. The maximum Gasteiger partial charge on any atom is 0.410 e. The Morgan fingerprint density at radius 2 is 1.73 bits per heavy atom. The average Bonchev–Trinajstić information content (AvgIpc) is 2.96. The van der Waals surface area contributed by atoms with E-state index < -0.39 is 15.6 Å². The van der Waals surface area contributed by atoms with Gasteiger partial charge in [0.25, 0.3) is 0 Å². The molecule has 1 saturated heterocycles. The number of sulfonamides is 1. The maximum absolute atomic E-state index is 13.8. The van der Waals surface area contributed by atoms with Gasteiger partial charge in [-0.3, -0.25) is 4.79 Å². The quantitative estimate of drug-likeness (QED) is 0.529. The van der Waals surface area contributed by atoms with Crippen molar-refractivity contribution < 1.29 is 22.7 Å². The van der Waals surface area contributed by atoms with Crippen molar-refractivity contribution in [3.63, 3.8) is 0 Å². The van der Waals surface area contributed by atoms with Gasteiger partial charge < -0.3 is 19.9 Å². The molecule has 2 amide bonds. The summed E-state index contributed by atoms with van der Waals surface area (Å²) in [6.45, 7) is 7.60. The van der Waals surface area contributed by atoms with Gasteiger partial charge >= 0.3 is 6.09 Å². The van der Waals surface area contributed by atoms with Gasteiger partial charge in [0.05, 0.1) is 10.9 Å². The molecule has 2 aromatic carbocycles. The van der Waals surface area contributed by atoms with Crippen LogP contribution in [0.3, 0.4) is 0 Å². The van der Waals surface area contributed by atoms with Crippen molar-refractivity contribution in [2.75, 3.05) is 31.5 Å². The standard InChI is InChI=1S/C31H42N4O5S/c1-31(2,3)40-30(37)34-18-19-35(28(21-34)23-8-5-4-6-9-23)29(36)24-11-14-25(15-12-24)33-41(38,39)26-16-13-22-10-7-17-32-27(22)20-26/h4-6,8-9,13,16,20,24-25,28,32-33H,7,10-12,14-15,17-19,21H2,1-3H3/t24-,25-,28?. The molecular formula is C31H42N4O5S. The Morgan fingerprint density at radius 3 is 2.44 bits per heavy atom. The highest BCUT2D eigenvalue weighted by molar-refractivity contribution is 7.89. The first-order valence-corrected chi connectivity index (χ1v) is 16.2. The summed E-state index contributed by atoms with van der Waals surface area (Å²) in [6.07, 6.45) is 4.07. The van der Waals surface area contributed by atoms with Gasteiger partial charge in [-0.2, -0.15) is 0 Å². The fourth-order valence-electron chi connectivity index (χ4n) is 6.09. The van der Waals surface area contributed by atoms with Crippen LogP contribution >= 0.6 is 0 Å². The van der Waals surface area contributed by atoms with Gasteiger partial charge in [-0.1, -0.05) is 36.4 Å². The van der Waals surface area contributed by atoms with Crippen LogP contribution < -0.4 is 10.0 Å². The summed E-state index contributed by atoms with van der Waals surface area (Å²) in [7, 11) is -3.66. The largest absolute Gasteiger partial charge is 0.444 e. The number of benzene rings is 2. The average molecular weight is 583 g/mol. The Kier molecular flexibility index (Phi) is 8.61. The van der Waals surface area contributed by atoms with E-state index in [1.807, 2.05) is 62.1 Å². The second-order valence-electron chi connectivity index (χ2n) is 12.4. The van der Waals surface area contributed by atoms with E-state index in [2.05, 4.69) is 10.0 Å². The summed E-state index contributed by atoms with van der Waals surface area (Å²) < 4.78 is 34.8. The molecule has 2 aromatic rings. The molecule has 0 aromatic heterocycles. The highest BCUT2D eigenvalue weighted by Gasteiger charge is 2.39. The van der Waals surface area contributed by atoms with Gasteiger partial charge in [0.1, 0.15) is 5.60 Å². The summed E-state index contributed by atoms with van der Waals surface area (Å²) in [4.78, 5) is 30.5. The summed E-state index contributed by atoms with van der Waals surface area (Å²) >= 11 is 0. The number of nitrogens with zero attached hydrogens (tertiary/aromatic N) is 2. The smallest absolute Gasteiger partial charge is 0.410 e.